The number of hydrogen-bond acceptors (Lipinski definition) is 5. The predicted octanol–water partition coefficient (Wildman–Crippen LogP) is 3.67. The van der Waals surface area contributed by atoms with Gasteiger partial charge in [0.15, 0.2) is 6.29 Å². The summed E-state index contributed by atoms with van der Waals surface area (Å²) < 4.78 is 4.96. The minimum atomic E-state index is -0.348. The molecule has 21 heavy (non-hydrogen) atoms. The summed E-state index contributed by atoms with van der Waals surface area (Å²) in [7, 11) is 0. The Kier molecular flexibility index (Phi) is 4.75. The standard InChI is InChI=1S/C16H16O4S/c1-3-10-7-11(8-12(9-17)15(10)18)13-5-6-14(21-13)16(19)20-4-2/h5-9,18H,3-4H2,1-2H3. The maximum atomic E-state index is 11.7. The summed E-state index contributed by atoms with van der Waals surface area (Å²) in [5.41, 5.74) is 1.78. The van der Waals surface area contributed by atoms with Crippen molar-refractivity contribution in [2.24, 2.45) is 0 Å². The first kappa shape index (κ1) is 15.3. The lowest BCUT2D eigenvalue weighted by molar-refractivity contribution is 0.0532. The van der Waals surface area contributed by atoms with Crippen LogP contribution in [0.25, 0.3) is 10.4 Å². The number of esters is 1. The summed E-state index contributed by atoms with van der Waals surface area (Å²) in [6.45, 7) is 4.00. The molecular formula is C16H16O4S. The first-order valence-electron chi connectivity index (χ1n) is 6.69. The van der Waals surface area contributed by atoms with Gasteiger partial charge in [-0.1, -0.05) is 6.92 Å². The van der Waals surface area contributed by atoms with E-state index in [1.165, 1.54) is 11.3 Å². The highest BCUT2D eigenvalue weighted by molar-refractivity contribution is 7.17. The van der Waals surface area contributed by atoms with Crippen LogP contribution < -0.4 is 0 Å². The largest absolute Gasteiger partial charge is 0.507 e. The second-order valence-corrected chi connectivity index (χ2v) is 5.51. The molecule has 0 aliphatic heterocycles. The minimum absolute atomic E-state index is 0.0263. The highest BCUT2D eigenvalue weighted by Gasteiger charge is 2.14. The molecule has 0 atom stereocenters. The van der Waals surface area contributed by atoms with Crippen LogP contribution in [0, 0.1) is 0 Å². The Balaban J connectivity index is 2.42. The Hall–Kier alpha value is -2.14. The SMILES string of the molecule is CCOC(=O)c1ccc(-c2cc(C=O)c(O)c(CC)c2)s1. The summed E-state index contributed by atoms with van der Waals surface area (Å²) >= 11 is 1.31. The lowest BCUT2D eigenvalue weighted by Gasteiger charge is -2.07. The molecule has 4 nitrogen and oxygen atoms in total. The zero-order valence-corrected chi connectivity index (χ0v) is 12.7. The first-order chi connectivity index (χ1) is 10.1. The van der Waals surface area contributed by atoms with E-state index in [2.05, 4.69) is 0 Å². The van der Waals surface area contributed by atoms with E-state index >= 15 is 0 Å². The smallest absolute Gasteiger partial charge is 0.348 e. The van der Waals surface area contributed by atoms with Crippen molar-refractivity contribution in [1.29, 1.82) is 0 Å². The summed E-state index contributed by atoms with van der Waals surface area (Å²) in [5, 5.41) is 9.92. The fourth-order valence-electron chi connectivity index (χ4n) is 2.03. The highest BCUT2D eigenvalue weighted by Crippen LogP contribution is 2.33. The molecule has 0 radical (unpaired) electrons. The van der Waals surface area contributed by atoms with Crippen LogP contribution >= 0.6 is 11.3 Å². The van der Waals surface area contributed by atoms with E-state index in [0.29, 0.717) is 29.8 Å². The number of aryl methyl sites for hydroxylation is 1. The molecule has 110 valence electrons. The van der Waals surface area contributed by atoms with Gasteiger partial charge in [0.25, 0.3) is 0 Å². The summed E-state index contributed by atoms with van der Waals surface area (Å²) in [6.07, 6.45) is 1.26. The van der Waals surface area contributed by atoms with Gasteiger partial charge in [0.2, 0.25) is 0 Å². The lowest BCUT2D eigenvalue weighted by Crippen LogP contribution is -2.01. The molecule has 0 spiro atoms. The third-order valence-electron chi connectivity index (χ3n) is 3.09. The Morgan fingerprint density at radius 3 is 2.71 bits per heavy atom. The van der Waals surface area contributed by atoms with Gasteiger partial charge < -0.3 is 9.84 Å². The maximum absolute atomic E-state index is 11.7. The van der Waals surface area contributed by atoms with E-state index in [4.69, 9.17) is 4.74 Å². The fourth-order valence-corrected chi connectivity index (χ4v) is 2.91. The van der Waals surface area contributed by atoms with Gasteiger partial charge in [0.05, 0.1) is 12.2 Å². The minimum Gasteiger partial charge on any atom is -0.507 e. The van der Waals surface area contributed by atoms with Crippen molar-refractivity contribution in [3.8, 4) is 16.2 Å². The Labute approximate surface area is 127 Å². The van der Waals surface area contributed by atoms with Crippen molar-refractivity contribution >= 4 is 23.6 Å². The molecule has 0 saturated heterocycles. The van der Waals surface area contributed by atoms with Crippen molar-refractivity contribution in [3.05, 3.63) is 40.3 Å². The molecular weight excluding hydrogens is 288 g/mol. The summed E-state index contributed by atoms with van der Waals surface area (Å²) in [6, 6.07) is 6.99. The van der Waals surface area contributed by atoms with Gasteiger partial charge in [-0.3, -0.25) is 4.79 Å². The number of hydrogen-bond donors (Lipinski definition) is 1. The lowest BCUT2D eigenvalue weighted by atomic mass is 10.0. The van der Waals surface area contributed by atoms with Gasteiger partial charge in [0, 0.05) is 4.88 Å². The van der Waals surface area contributed by atoms with Gasteiger partial charge in [-0.05, 0) is 48.7 Å². The van der Waals surface area contributed by atoms with Gasteiger partial charge in [-0.25, -0.2) is 4.79 Å². The second-order valence-electron chi connectivity index (χ2n) is 4.43. The van der Waals surface area contributed by atoms with Crippen LogP contribution in [-0.2, 0) is 11.2 Å². The third kappa shape index (κ3) is 3.13. The van der Waals surface area contributed by atoms with Gasteiger partial charge in [-0.15, -0.1) is 11.3 Å². The third-order valence-corrected chi connectivity index (χ3v) is 4.21. The Morgan fingerprint density at radius 1 is 1.33 bits per heavy atom. The molecule has 0 amide bonds. The zero-order chi connectivity index (χ0) is 15.4. The average molecular weight is 304 g/mol. The van der Waals surface area contributed by atoms with Gasteiger partial charge in [-0.2, -0.15) is 0 Å². The first-order valence-corrected chi connectivity index (χ1v) is 7.50. The molecule has 0 fully saturated rings. The van der Waals surface area contributed by atoms with Crippen molar-refractivity contribution in [2.75, 3.05) is 6.61 Å². The number of phenols is 1. The quantitative estimate of drug-likeness (QED) is 0.676. The zero-order valence-electron chi connectivity index (χ0n) is 11.9. The summed E-state index contributed by atoms with van der Waals surface area (Å²) in [4.78, 5) is 24.1. The number of phenolic OH excluding ortho intramolecular Hbond substituents is 1. The van der Waals surface area contributed by atoms with Gasteiger partial charge >= 0.3 is 5.97 Å². The van der Waals surface area contributed by atoms with Crippen molar-refractivity contribution < 1.29 is 19.4 Å². The molecule has 2 rings (SSSR count). The molecule has 0 aliphatic rings. The number of carbonyl (C=O) groups excluding carboxylic acids is 2. The van der Waals surface area contributed by atoms with Crippen LogP contribution in [0.5, 0.6) is 5.75 Å². The topological polar surface area (TPSA) is 63.6 Å². The Morgan fingerprint density at radius 2 is 2.10 bits per heavy atom. The molecule has 1 aromatic heterocycles. The second kappa shape index (κ2) is 6.54. The van der Waals surface area contributed by atoms with Crippen LogP contribution in [0.15, 0.2) is 24.3 Å². The molecule has 2 aromatic rings. The van der Waals surface area contributed by atoms with E-state index in [-0.39, 0.29) is 17.3 Å². The van der Waals surface area contributed by atoms with E-state index in [1.54, 1.807) is 19.1 Å². The normalized spacial score (nSPS) is 10.4. The average Bonchev–Trinajstić information content (AvgIpc) is 2.97. The van der Waals surface area contributed by atoms with Crippen molar-refractivity contribution in [1.82, 2.24) is 0 Å². The van der Waals surface area contributed by atoms with E-state index in [0.717, 1.165) is 10.4 Å². The molecule has 1 heterocycles. The number of aromatic hydroxyl groups is 1. The van der Waals surface area contributed by atoms with E-state index in [1.807, 2.05) is 19.1 Å². The van der Waals surface area contributed by atoms with Crippen LogP contribution in [0.3, 0.4) is 0 Å². The van der Waals surface area contributed by atoms with E-state index < -0.39 is 0 Å². The Bertz CT molecular complexity index is 673. The van der Waals surface area contributed by atoms with Crippen LogP contribution in [-0.4, -0.2) is 24.0 Å². The number of benzene rings is 1. The van der Waals surface area contributed by atoms with Crippen molar-refractivity contribution in [3.63, 3.8) is 0 Å². The molecule has 0 bridgehead atoms. The molecule has 0 saturated carbocycles. The number of rotatable bonds is 5. The molecule has 5 heteroatoms. The van der Waals surface area contributed by atoms with E-state index in [9.17, 15) is 14.7 Å². The predicted molar refractivity (Wildman–Crippen MR) is 82.1 cm³/mol. The number of aldehydes is 1. The molecule has 0 unspecified atom stereocenters. The molecule has 0 aliphatic carbocycles. The number of thiophene rings is 1. The van der Waals surface area contributed by atoms with Crippen LogP contribution in [0.2, 0.25) is 0 Å². The maximum Gasteiger partial charge on any atom is 0.348 e. The number of carbonyl (C=O) groups is 2. The number of ether oxygens (including phenoxy) is 1. The fraction of sp³-hybridized carbons (Fsp3) is 0.250. The molecule has 1 N–H and O–H groups in total. The van der Waals surface area contributed by atoms with Gasteiger partial charge in [0.1, 0.15) is 10.6 Å². The summed E-state index contributed by atoms with van der Waals surface area (Å²) in [5.74, 6) is -0.322. The highest BCUT2D eigenvalue weighted by atomic mass is 32.1. The molecule has 1 aromatic carbocycles. The monoisotopic (exact) mass is 304 g/mol. The van der Waals surface area contributed by atoms with Crippen LogP contribution in [0.1, 0.15) is 39.4 Å². The van der Waals surface area contributed by atoms with Crippen molar-refractivity contribution in [2.45, 2.75) is 20.3 Å². The van der Waals surface area contributed by atoms with Crippen LogP contribution in [0.4, 0.5) is 0 Å².